The maximum Gasteiger partial charge on any atom is 0.339 e. The van der Waals surface area contributed by atoms with Gasteiger partial charge in [-0.15, -0.1) is 0 Å². The van der Waals surface area contributed by atoms with Crippen LogP contribution in [0.25, 0.3) is 6.08 Å². The number of nitrogens with one attached hydrogen (secondary N) is 1. The van der Waals surface area contributed by atoms with Crippen LogP contribution in [0.5, 0.6) is 5.75 Å². The van der Waals surface area contributed by atoms with E-state index in [9.17, 15) is 33.4 Å². The number of carbonyl (C=O) groups is 1. The number of nitrogens with zero attached hydrogens (tertiary/aromatic N) is 3. The zero-order valence-electron chi connectivity index (χ0n) is 18.9. The Bertz CT molecular complexity index is 1600. The van der Waals surface area contributed by atoms with Crippen molar-refractivity contribution in [1.82, 2.24) is 5.32 Å². The predicted molar refractivity (Wildman–Crippen MR) is 136 cm³/mol. The van der Waals surface area contributed by atoms with Gasteiger partial charge in [-0.3, -0.25) is 25.0 Å². The molecule has 1 saturated heterocycles. The van der Waals surface area contributed by atoms with Crippen LogP contribution in [0, 0.1) is 27.2 Å². The first kappa shape index (κ1) is 25.5. The zero-order valence-corrected chi connectivity index (χ0v) is 20.5. The highest BCUT2D eigenvalue weighted by atomic mass is 32.2. The summed E-state index contributed by atoms with van der Waals surface area (Å²) in [6.07, 6.45) is 1.52. The second-order valence-corrected chi connectivity index (χ2v) is 10.1. The van der Waals surface area contributed by atoms with Crippen molar-refractivity contribution in [2.24, 2.45) is 4.99 Å². The molecule has 1 aliphatic heterocycles. The third-order valence-corrected chi connectivity index (χ3v) is 7.13. The van der Waals surface area contributed by atoms with Crippen molar-refractivity contribution in [2.75, 3.05) is 0 Å². The van der Waals surface area contributed by atoms with Crippen molar-refractivity contribution in [1.29, 1.82) is 0 Å². The Hall–Kier alpha value is -4.56. The fraction of sp³-hybridized carbons (Fsp3) is 0.0435. The summed E-state index contributed by atoms with van der Waals surface area (Å²) in [5.74, 6) is -0.445. The summed E-state index contributed by atoms with van der Waals surface area (Å²) in [4.78, 5) is 37.4. The average Bonchev–Trinajstić information content (AvgIpc) is 3.18. The van der Waals surface area contributed by atoms with E-state index in [1.165, 1.54) is 36.4 Å². The first-order valence-electron chi connectivity index (χ1n) is 10.4. The summed E-state index contributed by atoms with van der Waals surface area (Å²) < 4.78 is 30.3. The molecule has 14 heteroatoms. The average molecular weight is 541 g/mol. The molecule has 0 unspecified atom stereocenters. The minimum atomic E-state index is -4.26. The lowest BCUT2D eigenvalue weighted by Gasteiger charge is -2.07. The normalized spacial score (nSPS) is 15.5. The molecule has 0 saturated carbocycles. The fourth-order valence-electron chi connectivity index (χ4n) is 3.19. The van der Waals surface area contributed by atoms with Crippen molar-refractivity contribution in [3.8, 4) is 5.75 Å². The lowest BCUT2D eigenvalue weighted by atomic mass is 10.2. The summed E-state index contributed by atoms with van der Waals surface area (Å²) in [6.45, 7) is 1.67. The number of nitro benzene ring substituents is 2. The van der Waals surface area contributed by atoms with Gasteiger partial charge in [0.2, 0.25) is 0 Å². The van der Waals surface area contributed by atoms with Crippen LogP contribution in [0.2, 0.25) is 0 Å². The Balaban J connectivity index is 1.52. The van der Waals surface area contributed by atoms with E-state index in [2.05, 4.69) is 10.3 Å². The van der Waals surface area contributed by atoms with E-state index in [4.69, 9.17) is 4.18 Å². The molecule has 3 aromatic rings. The largest absolute Gasteiger partial charge is 0.379 e. The number of carbonyl (C=O) groups excluding carboxylic acids is 1. The third kappa shape index (κ3) is 5.99. The number of hydrogen-bond donors (Lipinski definition) is 1. The molecule has 1 fully saturated rings. The molecule has 12 nitrogen and oxygen atoms in total. The number of rotatable bonds is 7. The van der Waals surface area contributed by atoms with Gasteiger partial charge in [0, 0.05) is 24.3 Å². The minimum Gasteiger partial charge on any atom is -0.379 e. The lowest BCUT2D eigenvalue weighted by molar-refractivity contribution is -0.385. The summed E-state index contributed by atoms with van der Waals surface area (Å²) in [5, 5.41) is 24.6. The van der Waals surface area contributed by atoms with Gasteiger partial charge >= 0.3 is 10.1 Å². The number of amidine groups is 1. The van der Waals surface area contributed by atoms with Crippen LogP contribution in [0.15, 0.2) is 81.5 Å². The number of nitro groups is 2. The minimum absolute atomic E-state index is 0.0218. The molecule has 1 heterocycles. The predicted octanol–water partition coefficient (Wildman–Crippen LogP) is 4.47. The van der Waals surface area contributed by atoms with E-state index in [1.807, 2.05) is 0 Å². The molecule has 0 aliphatic carbocycles. The number of hydrogen-bond acceptors (Lipinski definition) is 10. The Kier molecular flexibility index (Phi) is 7.04. The van der Waals surface area contributed by atoms with Gasteiger partial charge in [-0.05, 0) is 66.2 Å². The summed E-state index contributed by atoms with van der Waals surface area (Å²) in [7, 11) is -4.26. The summed E-state index contributed by atoms with van der Waals surface area (Å²) >= 11 is 1.05. The SMILES string of the molecule is Cc1cc([N+](=O)[O-])ccc1N=C1NC(=O)/C(=C\c2cccc(OS(=O)(=O)c3ccc([N+](=O)[O-])cc3)c2)S1. The number of benzene rings is 3. The van der Waals surface area contributed by atoms with Gasteiger partial charge in [0.25, 0.3) is 17.3 Å². The van der Waals surface area contributed by atoms with Crippen molar-refractivity contribution in [3.63, 3.8) is 0 Å². The van der Waals surface area contributed by atoms with Crippen LogP contribution in [0.3, 0.4) is 0 Å². The quantitative estimate of drug-likeness (QED) is 0.196. The highest BCUT2D eigenvalue weighted by molar-refractivity contribution is 8.18. The second kappa shape index (κ2) is 10.2. The molecule has 1 aliphatic rings. The summed E-state index contributed by atoms with van der Waals surface area (Å²) in [5.41, 5.74) is 1.17. The van der Waals surface area contributed by atoms with Crippen LogP contribution in [-0.2, 0) is 14.9 Å². The number of amides is 1. The van der Waals surface area contributed by atoms with Crippen molar-refractivity contribution in [2.45, 2.75) is 11.8 Å². The molecule has 0 aromatic heterocycles. The van der Waals surface area contributed by atoms with Gasteiger partial charge in [-0.2, -0.15) is 8.42 Å². The first-order chi connectivity index (χ1) is 17.5. The number of aliphatic imine (C=N–C) groups is 1. The molecule has 0 spiro atoms. The molecular weight excluding hydrogens is 524 g/mol. The van der Waals surface area contributed by atoms with E-state index >= 15 is 0 Å². The Morgan fingerprint density at radius 3 is 2.30 bits per heavy atom. The molecule has 4 rings (SSSR count). The highest BCUT2D eigenvalue weighted by Gasteiger charge is 2.24. The third-order valence-electron chi connectivity index (χ3n) is 4.96. The topological polar surface area (TPSA) is 171 Å². The maximum absolute atomic E-state index is 12.6. The molecular formula is C23H16N4O8S2. The number of non-ortho nitro benzene ring substituents is 2. The molecule has 3 aromatic carbocycles. The molecule has 1 amide bonds. The van der Waals surface area contributed by atoms with Gasteiger partial charge < -0.3 is 9.50 Å². The van der Waals surface area contributed by atoms with Crippen LogP contribution in [0.1, 0.15) is 11.1 Å². The standard InChI is InChI=1S/C23H16N4O8S2/c1-14-11-17(27(31)32)7-10-20(14)24-23-25-22(28)21(36-23)13-15-3-2-4-18(12-15)35-37(33,34)19-8-5-16(6-9-19)26(29)30/h2-13H,1H3,(H,24,25,28)/b21-13+. The van der Waals surface area contributed by atoms with E-state index in [1.54, 1.807) is 19.1 Å². The van der Waals surface area contributed by atoms with E-state index < -0.39 is 25.9 Å². The van der Waals surface area contributed by atoms with E-state index in [0.717, 1.165) is 36.0 Å². The molecule has 37 heavy (non-hydrogen) atoms. The Labute approximate surface area is 214 Å². The van der Waals surface area contributed by atoms with Gasteiger partial charge in [-0.1, -0.05) is 12.1 Å². The second-order valence-electron chi connectivity index (χ2n) is 7.57. The van der Waals surface area contributed by atoms with E-state index in [0.29, 0.717) is 16.8 Å². The van der Waals surface area contributed by atoms with Gasteiger partial charge in [0.1, 0.15) is 10.6 Å². The van der Waals surface area contributed by atoms with Gasteiger partial charge in [0.15, 0.2) is 5.17 Å². The van der Waals surface area contributed by atoms with Crippen molar-refractivity contribution < 1.29 is 27.2 Å². The molecule has 0 atom stereocenters. The van der Waals surface area contributed by atoms with Crippen LogP contribution in [-0.4, -0.2) is 29.3 Å². The molecule has 0 bridgehead atoms. The zero-order chi connectivity index (χ0) is 26.7. The smallest absolute Gasteiger partial charge is 0.339 e. The number of thioether (sulfide) groups is 1. The summed E-state index contributed by atoms with van der Waals surface area (Å²) in [6, 6.07) is 14.5. The lowest BCUT2D eigenvalue weighted by Crippen LogP contribution is -2.19. The van der Waals surface area contributed by atoms with Crippen molar-refractivity contribution in [3.05, 3.63) is 103 Å². The highest BCUT2D eigenvalue weighted by Crippen LogP contribution is 2.31. The van der Waals surface area contributed by atoms with Crippen molar-refractivity contribution >= 4 is 56.1 Å². The molecule has 188 valence electrons. The fourth-order valence-corrected chi connectivity index (χ4v) is 4.94. The number of aryl methyl sites for hydroxylation is 1. The van der Waals surface area contributed by atoms with Crippen LogP contribution < -0.4 is 9.50 Å². The van der Waals surface area contributed by atoms with Gasteiger partial charge in [0.05, 0.1) is 20.4 Å². The maximum atomic E-state index is 12.6. The van der Waals surface area contributed by atoms with Crippen LogP contribution >= 0.6 is 11.8 Å². The molecule has 0 radical (unpaired) electrons. The van der Waals surface area contributed by atoms with Gasteiger partial charge in [-0.25, -0.2) is 4.99 Å². The Morgan fingerprint density at radius 1 is 0.973 bits per heavy atom. The Morgan fingerprint density at radius 2 is 1.65 bits per heavy atom. The van der Waals surface area contributed by atoms with Crippen LogP contribution in [0.4, 0.5) is 17.1 Å². The molecule has 1 N–H and O–H groups in total. The monoisotopic (exact) mass is 540 g/mol. The van der Waals surface area contributed by atoms with E-state index in [-0.39, 0.29) is 32.1 Å². The first-order valence-corrected chi connectivity index (χ1v) is 12.6.